The minimum atomic E-state index is 0.513. The maximum absolute atomic E-state index is 6.17. The number of nitrogens with zero attached hydrogens (tertiary/aromatic N) is 3. The number of aryl methyl sites for hydroxylation is 1. The van der Waals surface area contributed by atoms with Gasteiger partial charge in [-0.3, -0.25) is 0 Å². The topological polar surface area (TPSA) is 76.7 Å². The summed E-state index contributed by atoms with van der Waals surface area (Å²) >= 11 is 1.51. The molecule has 110 valence electrons. The Kier molecular flexibility index (Phi) is 4.20. The second-order valence-corrected chi connectivity index (χ2v) is 5.76. The Morgan fingerprint density at radius 3 is 2.55 bits per heavy atom. The van der Waals surface area contributed by atoms with Crippen molar-refractivity contribution in [2.24, 2.45) is 0 Å². The quantitative estimate of drug-likeness (QED) is 0.716. The summed E-state index contributed by atoms with van der Waals surface area (Å²) < 4.78 is 0. The predicted octanol–water partition coefficient (Wildman–Crippen LogP) is 3.66. The molecule has 0 fully saturated rings. The number of aromatic nitrogens is 3. The van der Waals surface area contributed by atoms with Gasteiger partial charge in [-0.25, -0.2) is 15.0 Å². The van der Waals surface area contributed by atoms with Gasteiger partial charge < -0.3 is 11.1 Å². The van der Waals surface area contributed by atoms with Gasteiger partial charge in [0.1, 0.15) is 22.9 Å². The minimum Gasteiger partial charge on any atom is -0.394 e. The van der Waals surface area contributed by atoms with Gasteiger partial charge in [-0.1, -0.05) is 35.5 Å². The van der Waals surface area contributed by atoms with Gasteiger partial charge in [-0.15, -0.1) is 0 Å². The van der Waals surface area contributed by atoms with Crippen LogP contribution in [0.15, 0.2) is 64.9 Å². The fourth-order valence-corrected chi connectivity index (χ4v) is 2.64. The van der Waals surface area contributed by atoms with Gasteiger partial charge in [0.05, 0.1) is 0 Å². The lowest BCUT2D eigenvalue weighted by Crippen LogP contribution is -2.03. The minimum absolute atomic E-state index is 0.513. The van der Waals surface area contributed by atoms with Crippen LogP contribution in [-0.4, -0.2) is 15.0 Å². The molecule has 2 aromatic heterocycles. The lowest BCUT2D eigenvalue weighted by molar-refractivity contribution is 1.06. The van der Waals surface area contributed by atoms with Gasteiger partial charge in [-0.2, -0.15) is 0 Å². The van der Waals surface area contributed by atoms with E-state index in [0.29, 0.717) is 17.3 Å². The van der Waals surface area contributed by atoms with E-state index in [1.165, 1.54) is 23.7 Å². The maximum Gasteiger partial charge on any atom is 0.159 e. The van der Waals surface area contributed by atoms with Crippen LogP contribution in [-0.2, 0) is 0 Å². The van der Waals surface area contributed by atoms with Crippen molar-refractivity contribution in [1.82, 2.24) is 15.0 Å². The van der Waals surface area contributed by atoms with Crippen LogP contribution in [0.1, 0.15) is 5.56 Å². The Bertz CT molecular complexity index is 759. The number of nitrogens with two attached hydrogens (primary N) is 1. The average Bonchev–Trinajstić information content (AvgIpc) is 2.54. The predicted molar refractivity (Wildman–Crippen MR) is 89.3 cm³/mol. The highest BCUT2D eigenvalue weighted by Crippen LogP contribution is 2.33. The molecule has 0 aliphatic carbocycles. The summed E-state index contributed by atoms with van der Waals surface area (Å²) in [5.41, 5.74) is 7.91. The molecule has 22 heavy (non-hydrogen) atoms. The number of hydrogen-bond acceptors (Lipinski definition) is 6. The Hall–Kier alpha value is -2.60. The number of pyridine rings is 1. The fourth-order valence-electron chi connectivity index (χ4n) is 1.84. The number of hydrogen-bond donors (Lipinski definition) is 2. The van der Waals surface area contributed by atoms with E-state index in [0.717, 1.165) is 9.92 Å². The van der Waals surface area contributed by atoms with E-state index in [9.17, 15) is 0 Å². The monoisotopic (exact) mass is 309 g/mol. The average molecular weight is 309 g/mol. The first-order valence-electron chi connectivity index (χ1n) is 6.75. The van der Waals surface area contributed by atoms with Crippen molar-refractivity contribution in [1.29, 1.82) is 0 Å². The highest BCUT2D eigenvalue weighted by molar-refractivity contribution is 7.99. The lowest BCUT2D eigenvalue weighted by Gasteiger charge is -2.10. The van der Waals surface area contributed by atoms with Gasteiger partial charge in [0.2, 0.25) is 0 Å². The molecule has 3 N–H and O–H groups in total. The molecular formula is C16H15N5S. The van der Waals surface area contributed by atoms with Crippen molar-refractivity contribution in [3.05, 3.63) is 60.6 Å². The molecule has 0 unspecified atom stereocenters. The van der Waals surface area contributed by atoms with Crippen LogP contribution in [0.3, 0.4) is 0 Å². The smallest absolute Gasteiger partial charge is 0.159 e. The Labute approximate surface area is 133 Å². The van der Waals surface area contributed by atoms with Crippen LogP contribution in [0.2, 0.25) is 0 Å². The van der Waals surface area contributed by atoms with E-state index in [1.807, 2.05) is 30.3 Å². The third kappa shape index (κ3) is 3.35. The van der Waals surface area contributed by atoms with Crippen molar-refractivity contribution in [3.8, 4) is 0 Å². The number of anilines is 3. The van der Waals surface area contributed by atoms with Crippen LogP contribution < -0.4 is 11.1 Å². The first-order chi connectivity index (χ1) is 10.7. The molecule has 0 atom stereocenters. The molecule has 0 saturated carbocycles. The van der Waals surface area contributed by atoms with Crippen molar-refractivity contribution < 1.29 is 0 Å². The third-order valence-corrected chi connectivity index (χ3v) is 4.02. The van der Waals surface area contributed by atoms with E-state index in [4.69, 9.17) is 5.73 Å². The molecule has 0 aliphatic rings. The SMILES string of the molecule is Cc1ccc(Sc2ncnc(Nc3ccccn3)c2N)cc1. The zero-order valence-corrected chi connectivity index (χ0v) is 12.8. The highest BCUT2D eigenvalue weighted by atomic mass is 32.2. The summed E-state index contributed by atoms with van der Waals surface area (Å²) in [6.45, 7) is 2.06. The van der Waals surface area contributed by atoms with E-state index >= 15 is 0 Å². The summed E-state index contributed by atoms with van der Waals surface area (Å²) in [7, 11) is 0. The Morgan fingerprint density at radius 2 is 1.82 bits per heavy atom. The van der Waals surface area contributed by atoms with Crippen LogP contribution in [0.4, 0.5) is 17.3 Å². The van der Waals surface area contributed by atoms with Gasteiger partial charge in [0.15, 0.2) is 5.82 Å². The molecule has 1 aromatic carbocycles. The summed E-state index contributed by atoms with van der Waals surface area (Å²) in [5, 5.41) is 3.83. The van der Waals surface area contributed by atoms with E-state index in [-0.39, 0.29) is 0 Å². The molecule has 6 heteroatoms. The fraction of sp³-hybridized carbons (Fsp3) is 0.0625. The van der Waals surface area contributed by atoms with Crippen LogP contribution >= 0.6 is 11.8 Å². The zero-order chi connectivity index (χ0) is 15.4. The van der Waals surface area contributed by atoms with Crippen molar-refractivity contribution in [2.75, 3.05) is 11.1 Å². The Balaban J connectivity index is 1.84. The maximum atomic E-state index is 6.17. The molecule has 0 bridgehead atoms. The van der Waals surface area contributed by atoms with Gasteiger partial charge in [-0.05, 0) is 31.2 Å². The molecule has 0 spiro atoms. The lowest BCUT2D eigenvalue weighted by atomic mass is 10.2. The van der Waals surface area contributed by atoms with E-state index in [2.05, 4.69) is 39.3 Å². The summed E-state index contributed by atoms with van der Waals surface area (Å²) in [4.78, 5) is 13.7. The molecule has 2 heterocycles. The number of rotatable bonds is 4. The van der Waals surface area contributed by atoms with Gasteiger partial charge >= 0.3 is 0 Å². The second-order valence-electron chi connectivity index (χ2n) is 4.70. The Morgan fingerprint density at radius 1 is 1.00 bits per heavy atom. The van der Waals surface area contributed by atoms with Crippen LogP contribution in [0, 0.1) is 6.92 Å². The first-order valence-corrected chi connectivity index (χ1v) is 7.57. The molecule has 0 amide bonds. The number of nitrogens with one attached hydrogen (secondary N) is 1. The summed E-state index contributed by atoms with van der Waals surface area (Å²) in [6.07, 6.45) is 3.21. The van der Waals surface area contributed by atoms with E-state index in [1.54, 1.807) is 6.20 Å². The van der Waals surface area contributed by atoms with Crippen LogP contribution in [0.25, 0.3) is 0 Å². The van der Waals surface area contributed by atoms with Crippen molar-refractivity contribution in [3.63, 3.8) is 0 Å². The number of nitrogen functional groups attached to an aromatic ring is 1. The highest BCUT2D eigenvalue weighted by Gasteiger charge is 2.10. The third-order valence-electron chi connectivity index (χ3n) is 2.99. The summed E-state index contributed by atoms with van der Waals surface area (Å²) in [6, 6.07) is 13.8. The first kappa shape index (κ1) is 14.3. The number of benzene rings is 1. The van der Waals surface area contributed by atoms with Crippen LogP contribution in [0.5, 0.6) is 0 Å². The standard InChI is InChI=1S/C16H15N5S/c1-11-5-7-12(8-6-11)22-16-14(17)15(19-10-20-16)21-13-4-2-3-9-18-13/h2-10H,17H2,1H3,(H,18,19,20,21). The summed E-state index contributed by atoms with van der Waals surface area (Å²) in [5.74, 6) is 1.25. The molecule has 3 aromatic rings. The molecule has 5 nitrogen and oxygen atoms in total. The van der Waals surface area contributed by atoms with Crippen molar-refractivity contribution in [2.45, 2.75) is 16.8 Å². The molecule has 0 saturated heterocycles. The molecule has 3 rings (SSSR count). The van der Waals surface area contributed by atoms with E-state index < -0.39 is 0 Å². The van der Waals surface area contributed by atoms with Crippen molar-refractivity contribution >= 4 is 29.1 Å². The zero-order valence-electron chi connectivity index (χ0n) is 12.0. The largest absolute Gasteiger partial charge is 0.394 e. The normalized spacial score (nSPS) is 10.4. The second kappa shape index (κ2) is 6.44. The molecule has 0 aliphatic heterocycles. The molecule has 0 radical (unpaired) electrons. The molecular weight excluding hydrogens is 294 g/mol. The van der Waals surface area contributed by atoms with Gasteiger partial charge in [0, 0.05) is 11.1 Å². The van der Waals surface area contributed by atoms with Gasteiger partial charge in [0.25, 0.3) is 0 Å².